The van der Waals surface area contributed by atoms with Crippen LogP contribution in [0.1, 0.15) is 0 Å². The molecule has 0 heterocycles. The van der Waals surface area contributed by atoms with E-state index < -0.39 is 0 Å². The van der Waals surface area contributed by atoms with Crippen LogP contribution in [0.4, 0.5) is 10.5 Å². The summed E-state index contributed by atoms with van der Waals surface area (Å²) in [5, 5.41) is 5.94. The van der Waals surface area contributed by atoms with Gasteiger partial charge in [0.05, 0.1) is 20.8 Å². The van der Waals surface area contributed by atoms with Crippen LogP contribution in [0.15, 0.2) is 42.5 Å². The highest BCUT2D eigenvalue weighted by Crippen LogP contribution is 2.27. The van der Waals surface area contributed by atoms with Crippen LogP contribution in [0.3, 0.4) is 0 Å². The smallest absolute Gasteiger partial charge is 0.319 e. The minimum atomic E-state index is -0.330. The fraction of sp³-hybridized carbons (Fsp3) is 0.235. The molecule has 2 rings (SSSR count). The van der Waals surface area contributed by atoms with Gasteiger partial charge in [-0.05, 0) is 18.2 Å². The molecule has 0 saturated carbocycles. The predicted molar refractivity (Wildman–Crippen MR) is 93.5 cm³/mol. The Morgan fingerprint density at radius 2 is 1.71 bits per heavy atom. The fourth-order valence-corrected chi connectivity index (χ4v) is 2.13. The first-order valence-electron chi connectivity index (χ1n) is 7.27. The number of ether oxygens (including phenoxy) is 3. The second-order valence-corrected chi connectivity index (χ2v) is 5.22. The number of benzene rings is 2. The molecule has 0 aliphatic rings. The Morgan fingerprint density at radius 1 is 1.04 bits per heavy atom. The Balaban J connectivity index is 1.77. The monoisotopic (exact) mass is 350 g/mol. The zero-order chi connectivity index (χ0) is 17.4. The summed E-state index contributed by atoms with van der Waals surface area (Å²) in [6.07, 6.45) is 0. The van der Waals surface area contributed by atoms with Crippen molar-refractivity contribution in [3.05, 3.63) is 47.5 Å². The van der Waals surface area contributed by atoms with E-state index in [1.165, 1.54) is 0 Å². The van der Waals surface area contributed by atoms with Gasteiger partial charge in [-0.1, -0.05) is 17.7 Å². The minimum Gasteiger partial charge on any atom is -0.496 e. The van der Waals surface area contributed by atoms with Crippen molar-refractivity contribution in [1.82, 2.24) is 5.32 Å². The quantitative estimate of drug-likeness (QED) is 0.749. The van der Waals surface area contributed by atoms with E-state index in [0.717, 1.165) is 0 Å². The van der Waals surface area contributed by atoms with Crippen molar-refractivity contribution in [3.63, 3.8) is 0 Å². The maximum Gasteiger partial charge on any atom is 0.319 e. The largest absolute Gasteiger partial charge is 0.496 e. The first-order valence-corrected chi connectivity index (χ1v) is 7.65. The van der Waals surface area contributed by atoms with Crippen molar-refractivity contribution in [2.75, 3.05) is 32.7 Å². The molecule has 0 unspecified atom stereocenters. The van der Waals surface area contributed by atoms with Crippen molar-refractivity contribution in [2.24, 2.45) is 0 Å². The van der Waals surface area contributed by atoms with Crippen LogP contribution in [0.25, 0.3) is 0 Å². The van der Waals surface area contributed by atoms with Crippen LogP contribution < -0.4 is 24.8 Å². The molecule has 128 valence electrons. The third-order valence-electron chi connectivity index (χ3n) is 3.06. The zero-order valence-electron chi connectivity index (χ0n) is 13.5. The molecule has 24 heavy (non-hydrogen) atoms. The van der Waals surface area contributed by atoms with Gasteiger partial charge in [0, 0.05) is 28.9 Å². The van der Waals surface area contributed by atoms with Crippen LogP contribution in [0.2, 0.25) is 5.02 Å². The summed E-state index contributed by atoms with van der Waals surface area (Å²) in [6.45, 7) is 0.644. The minimum absolute atomic E-state index is 0.305. The molecule has 0 aromatic heterocycles. The Kier molecular flexibility index (Phi) is 6.57. The summed E-state index contributed by atoms with van der Waals surface area (Å²) in [5.41, 5.74) is 0.624. The molecule has 2 amide bonds. The molecule has 2 N–H and O–H groups in total. The summed E-state index contributed by atoms with van der Waals surface area (Å²) in [4.78, 5) is 11.8. The van der Waals surface area contributed by atoms with Crippen molar-refractivity contribution >= 4 is 23.3 Å². The summed E-state index contributed by atoms with van der Waals surface area (Å²) in [5.74, 6) is 1.87. The molecule has 2 aromatic carbocycles. The number of carbonyl (C=O) groups excluding carboxylic acids is 1. The Labute approximate surface area is 145 Å². The van der Waals surface area contributed by atoms with Crippen LogP contribution in [-0.4, -0.2) is 33.4 Å². The molecular formula is C17H19ClN2O4. The highest BCUT2D eigenvalue weighted by Gasteiger charge is 2.04. The van der Waals surface area contributed by atoms with E-state index in [9.17, 15) is 4.79 Å². The van der Waals surface area contributed by atoms with Crippen LogP contribution in [0, 0.1) is 0 Å². The zero-order valence-corrected chi connectivity index (χ0v) is 14.2. The normalized spacial score (nSPS) is 9.96. The summed E-state index contributed by atoms with van der Waals surface area (Å²) in [6, 6.07) is 11.8. The second kappa shape index (κ2) is 8.88. The van der Waals surface area contributed by atoms with Crippen LogP contribution in [0.5, 0.6) is 17.2 Å². The lowest BCUT2D eigenvalue weighted by Crippen LogP contribution is -2.32. The second-order valence-electron chi connectivity index (χ2n) is 4.79. The number of amides is 2. The molecule has 0 aliphatic carbocycles. The molecule has 7 heteroatoms. The van der Waals surface area contributed by atoms with Gasteiger partial charge in [0.25, 0.3) is 0 Å². The molecule has 0 bridgehead atoms. The number of hydrogen-bond donors (Lipinski definition) is 2. The van der Waals surface area contributed by atoms with Gasteiger partial charge in [-0.3, -0.25) is 0 Å². The third-order valence-corrected chi connectivity index (χ3v) is 3.30. The predicted octanol–water partition coefficient (Wildman–Crippen LogP) is 3.56. The van der Waals surface area contributed by atoms with Gasteiger partial charge in [-0.25, -0.2) is 4.79 Å². The van der Waals surface area contributed by atoms with Gasteiger partial charge in [-0.2, -0.15) is 0 Å². The number of halogens is 1. The van der Waals surface area contributed by atoms with Gasteiger partial charge in [0.1, 0.15) is 23.9 Å². The van der Waals surface area contributed by atoms with E-state index in [-0.39, 0.29) is 6.03 Å². The molecule has 0 fully saturated rings. The number of urea groups is 1. The lowest BCUT2D eigenvalue weighted by atomic mass is 10.3. The van der Waals surface area contributed by atoms with Crippen molar-refractivity contribution in [1.29, 1.82) is 0 Å². The van der Waals surface area contributed by atoms with Crippen molar-refractivity contribution < 1.29 is 19.0 Å². The lowest BCUT2D eigenvalue weighted by Gasteiger charge is -2.11. The van der Waals surface area contributed by atoms with E-state index >= 15 is 0 Å². The number of nitrogens with one attached hydrogen (secondary N) is 2. The number of rotatable bonds is 7. The average molecular weight is 351 g/mol. The SMILES string of the molecule is COc1cc(OC)cc(OCCNC(=O)Nc2cccc(Cl)c2)c1. The van der Waals surface area contributed by atoms with E-state index in [0.29, 0.717) is 41.1 Å². The van der Waals surface area contributed by atoms with E-state index in [2.05, 4.69) is 10.6 Å². The molecule has 0 aliphatic heterocycles. The topological polar surface area (TPSA) is 68.8 Å². The van der Waals surface area contributed by atoms with E-state index in [1.807, 2.05) is 0 Å². The summed E-state index contributed by atoms with van der Waals surface area (Å²) in [7, 11) is 3.14. The van der Waals surface area contributed by atoms with Crippen LogP contribution >= 0.6 is 11.6 Å². The maximum atomic E-state index is 11.8. The lowest BCUT2D eigenvalue weighted by molar-refractivity contribution is 0.247. The molecule has 6 nitrogen and oxygen atoms in total. The Bertz CT molecular complexity index is 672. The van der Waals surface area contributed by atoms with E-state index in [1.54, 1.807) is 56.7 Å². The van der Waals surface area contributed by atoms with Crippen molar-refractivity contribution in [3.8, 4) is 17.2 Å². The Morgan fingerprint density at radius 3 is 2.33 bits per heavy atom. The van der Waals surface area contributed by atoms with Gasteiger partial charge in [0.15, 0.2) is 0 Å². The van der Waals surface area contributed by atoms with Crippen molar-refractivity contribution in [2.45, 2.75) is 0 Å². The molecule has 0 radical (unpaired) electrons. The Hall–Kier alpha value is -2.60. The highest BCUT2D eigenvalue weighted by molar-refractivity contribution is 6.30. The third kappa shape index (κ3) is 5.55. The van der Waals surface area contributed by atoms with Gasteiger partial charge in [0.2, 0.25) is 0 Å². The molecule has 2 aromatic rings. The number of methoxy groups -OCH3 is 2. The van der Waals surface area contributed by atoms with E-state index in [4.69, 9.17) is 25.8 Å². The van der Waals surface area contributed by atoms with Gasteiger partial charge in [-0.15, -0.1) is 0 Å². The fourth-order valence-electron chi connectivity index (χ4n) is 1.94. The first-order chi connectivity index (χ1) is 11.6. The van der Waals surface area contributed by atoms with Gasteiger partial charge >= 0.3 is 6.03 Å². The van der Waals surface area contributed by atoms with Gasteiger partial charge < -0.3 is 24.8 Å². The van der Waals surface area contributed by atoms with Crippen LogP contribution in [-0.2, 0) is 0 Å². The number of carbonyl (C=O) groups is 1. The standard InChI is InChI=1S/C17H19ClN2O4/c1-22-14-9-15(23-2)11-16(10-14)24-7-6-19-17(21)20-13-5-3-4-12(18)8-13/h3-5,8-11H,6-7H2,1-2H3,(H2,19,20,21). The molecule has 0 atom stereocenters. The maximum absolute atomic E-state index is 11.8. The molecule has 0 spiro atoms. The highest BCUT2D eigenvalue weighted by atomic mass is 35.5. The first kappa shape index (κ1) is 17.7. The number of hydrogen-bond acceptors (Lipinski definition) is 4. The molecule has 0 saturated heterocycles. The summed E-state index contributed by atoms with van der Waals surface area (Å²) < 4.78 is 15.9. The summed E-state index contributed by atoms with van der Waals surface area (Å²) >= 11 is 5.86. The average Bonchev–Trinajstić information content (AvgIpc) is 2.58. The molecular weight excluding hydrogens is 332 g/mol. The number of anilines is 1.